The fraction of sp³-hybridized carbons (Fsp3) is 0.273. The number of amides is 1. The average molecular weight is 494 g/mol. The Labute approximate surface area is 199 Å². The monoisotopic (exact) mass is 493 g/mol. The Balaban J connectivity index is 1.47. The topological polar surface area (TPSA) is 53.9 Å². The molecule has 1 aliphatic rings. The van der Waals surface area contributed by atoms with Crippen LogP contribution in [0.2, 0.25) is 10.0 Å². The van der Waals surface area contributed by atoms with Gasteiger partial charge >= 0.3 is 0 Å². The molecule has 2 heterocycles. The Morgan fingerprint density at radius 2 is 2.06 bits per heavy atom. The van der Waals surface area contributed by atoms with E-state index in [0.29, 0.717) is 20.3 Å². The highest BCUT2D eigenvalue weighted by molar-refractivity contribution is 7.99. The molecule has 0 spiro atoms. The van der Waals surface area contributed by atoms with E-state index in [1.165, 1.54) is 11.3 Å². The third kappa shape index (κ3) is 5.18. The van der Waals surface area contributed by atoms with Crippen LogP contribution in [0.15, 0.2) is 41.5 Å². The molecule has 9 heteroatoms. The number of carbonyl (C=O) groups excluding carboxylic acids is 1. The summed E-state index contributed by atoms with van der Waals surface area (Å²) in [5.74, 6) is 2.80. The third-order valence-corrected chi connectivity index (χ3v) is 7.90. The molecule has 1 aliphatic heterocycles. The molecule has 0 radical (unpaired) electrons. The Morgan fingerprint density at radius 3 is 2.81 bits per heavy atom. The van der Waals surface area contributed by atoms with E-state index in [2.05, 4.69) is 15.4 Å². The molecule has 0 unspecified atom stereocenters. The number of fused-ring (bicyclic) bond motifs is 1. The second-order valence-corrected chi connectivity index (χ2v) is 10.1. The van der Waals surface area contributed by atoms with Gasteiger partial charge in [-0.3, -0.25) is 9.69 Å². The highest BCUT2D eigenvalue weighted by atomic mass is 35.5. The number of hydrogen-bond donors (Lipinski definition) is 1. The Bertz CT molecular complexity index is 1130. The minimum absolute atomic E-state index is 0.352. The fourth-order valence-electron chi connectivity index (χ4n) is 3.44. The second kappa shape index (κ2) is 10.2. The molecule has 0 aliphatic carbocycles. The zero-order valence-electron chi connectivity index (χ0n) is 16.9. The maximum Gasteiger partial charge on any atom is 0.283 e. The molecule has 0 bridgehead atoms. The van der Waals surface area contributed by atoms with Crippen molar-refractivity contribution >= 4 is 68.5 Å². The number of halogens is 2. The third-order valence-electron chi connectivity index (χ3n) is 4.99. The summed E-state index contributed by atoms with van der Waals surface area (Å²) in [6, 6.07) is 11.4. The van der Waals surface area contributed by atoms with E-state index < -0.39 is 0 Å². The summed E-state index contributed by atoms with van der Waals surface area (Å²) in [5, 5.41) is 5.70. The van der Waals surface area contributed by atoms with Gasteiger partial charge in [-0.05, 0) is 35.9 Å². The van der Waals surface area contributed by atoms with Crippen molar-refractivity contribution in [3.63, 3.8) is 0 Å². The van der Waals surface area contributed by atoms with Gasteiger partial charge < -0.3 is 4.74 Å². The van der Waals surface area contributed by atoms with Crippen molar-refractivity contribution in [2.45, 2.75) is 6.54 Å². The number of benzene rings is 2. The molecule has 1 amide bonds. The Hall–Kier alpha value is -1.77. The first kappa shape index (κ1) is 22.4. The van der Waals surface area contributed by atoms with E-state index in [1.54, 1.807) is 19.4 Å². The predicted molar refractivity (Wildman–Crippen MR) is 133 cm³/mol. The molecule has 0 atom stereocenters. The Kier molecular flexibility index (Phi) is 7.40. The molecule has 1 saturated heterocycles. The smallest absolute Gasteiger partial charge is 0.283 e. The van der Waals surface area contributed by atoms with Gasteiger partial charge in [-0.15, -0.1) is 11.3 Å². The van der Waals surface area contributed by atoms with Gasteiger partial charge in [-0.2, -0.15) is 16.9 Å². The first-order valence-electron chi connectivity index (χ1n) is 9.73. The number of hydrazone groups is 1. The molecular formula is C22H21Cl2N3O2S2. The van der Waals surface area contributed by atoms with Crippen molar-refractivity contribution in [2.24, 2.45) is 5.10 Å². The fourth-order valence-corrected chi connectivity index (χ4v) is 6.26. The molecule has 1 aromatic heterocycles. The van der Waals surface area contributed by atoms with E-state index in [9.17, 15) is 4.79 Å². The molecular weight excluding hydrogens is 473 g/mol. The van der Waals surface area contributed by atoms with Gasteiger partial charge in [0.05, 0.1) is 23.4 Å². The van der Waals surface area contributed by atoms with Crippen LogP contribution in [-0.2, 0) is 6.54 Å². The highest BCUT2D eigenvalue weighted by Crippen LogP contribution is 2.39. The van der Waals surface area contributed by atoms with Crippen LogP contribution in [-0.4, -0.2) is 48.7 Å². The summed E-state index contributed by atoms with van der Waals surface area (Å²) in [6.45, 7) is 2.97. The lowest BCUT2D eigenvalue weighted by Crippen LogP contribution is -2.32. The van der Waals surface area contributed by atoms with Crippen LogP contribution in [0, 0.1) is 0 Å². The van der Waals surface area contributed by atoms with Gasteiger partial charge in [0, 0.05) is 46.8 Å². The van der Waals surface area contributed by atoms with E-state index >= 15 is 0 Å². The van der Waals surface area contributed by atoms with Crippen LogP contribution in [0.4, 0.5) is 0 Å². The van der Waals surface area contributed by atoms with Crippen molar-refractivity contribution in [3.05, 3.63) is 62.4 Å². The van der Waals surface area contributed by atoms with Gasteiger partial charge in [-0.1, -0.05) is 29.3 Å². The number of hydrogen-bond acceptors (Lipinski definition) is 6. The number of thioether (sulfide) groups is 1. The van der Waals surface area contributed by atoms with Crippen molar-refractivity contribution in [1.82, 2.24) is 10.3 Å². The second-order valence-electron chi connectivity index (χ2n) is 7.02. The lowest BCUT2D eigenvalue weighted by molar-refractivity contribution is 0.0959. The lowest BCUT2D eigenvalue weighted by Gasteiger charge is -2.26. The molecule has 31 heavy (non-hydrogen) atoms. The van der Waals surface area contributed by atoms with Crippen LogP contribution < -0.4 is 10.2 Å². The zero-order valence-corrected chi connectivity index (χ0v) is 20.0. The van der Waals surface area contributed by atoms with Crippen molar-refractivity contribution in [1.29, 1.82) is 0 Å². The van der Waals surface area contributed by atoms with Gasteiger partial charge in [-0.25, -0.2) is 5.43 Å². The normalized spacial score (nSPS) is 14.9. The minimum Gasteiger partial charge on any atom is -0.496 e. The van der Waals surface area contributed by atoms with E-state index in [1.807, 2.05) is 42.1 Å². The SMILES string of the molecule is COc1ccc(/C=N\NC(=O)c2sc3cccc(Cl)c3c2Cl)cc1CN1CCSCC1. The maximum absolute atomic E-state index is 12.6. The van der Waals surface area contributed by atoms with Crippen LogP contribution in [0.1, 0.15) is 20.8 Å². The van der Waals surface area contributed by atoms with Gasteiger partial charge in [0.15, 0.2) is 0 Å². The predicted octanol–water partition coefficient (Wildman–Crippen LogP) is 5.53. The number of carbonyl (C=O) groups is 1. The van der Waals surface area contributed by atoms with Crippen LogP contribution in [0.3, 0.4) is 0 Å². The average Bonchev–Trinajstić information content (AvgIpc) is 3.12. The van der Waals surface area contributed by atoms with Crippen LogP contribution in [0.25, 0.3) is 10.1 Å². The van der Waals surface area contributed by atoms with E-state index in [0.717, 1.165) is 52.7 Å². The summed E-state index contributed by atoms with van der Waals surface area (Å²) in [4.78, 5) is 15.4. The molecule has 4 rings (SSSR count). The molecule has 2 aromatic carbocycles. The standard InChI is InChI=1S/C22H21Cl2N3O2S2/c1-29-17-6-5-14(11-15(17)13-27-7-9-30-10-8-27)12-25-26-22(28)21-20(24)19-16(23)3-2-4-18(19)31-21/h2-6,11-12H,7-10,13H2,1H3,(H,26,28)/b25-12-. The maximum atomic E-state index is 12.6. The zero-order chi connectivity index (χ0) is 21.8. The number of ether oxygens (including phenoxy) is 1. The molecule has 0 saturated carbocycles. The highest BCUT2D eigenvalue weighted by Gasteiger charge is 2.18. The summed E-state index contributed by atoms with van der Waals surface area (Å²) >= 11 is 15.9. The number of nitrogens with one attached hydrogen (secondary N) is 1. The quantitative estimate of drug-likeness (QED) is 0.362. The molecule has 1 N–H and O–H groups in total. The number of nitrogens with zero attached hydrogens (tertiary/aromatic N) is 2. The molecule has 1 fully saturated rings. The molecule has 5 nitrogen and oxygen atoms in total. The van der Waals surface area contributed by atoms with Crippen LogP contribution in [0.5, 0.6) is 5.75 Å². The van der Waals surface area contributed by atoms with Gasteiger partial charge in [0.1, 0.15) is 10.6 Å². The van der Waals surface area contributed by atoms with E-state index in [-0.39, 0.29) is 5.91 Å². The number of thiophene rings is 1. The molecule has 3 aromatic rings. The largest absolute Gasteiger partial charge is 0.496 e. The van der Waals surface area contributed by atoms with Gasteiger partial charge in [0.25, 0.3) is 5.91 Å². The van der Waals surface area contributed by atoms with Crippen molar-refractivity contribution < 1.29 is 9.53 Å². The number of rotatable bonds is 6. The lowest BCUT2D eigenvalue weighted by atomic mass is 10.1. The van der Waals surface area contributed by atoms with Crippen LogP contribution >= 0.6 is 46.3 Å². The minimum atomic E-state index is -0.363. The first-order chi connectivity index (χ1) is 15.1. The van der Waals surface area contributed by atoms with Crippen molar-refractivity contribution in [2.75, 3.05) is 31.7 Å². The molecule has 162 valence electrons. The van der Waals surface area contributed by atoms with Gasteiger partial charge in [0.2, 0.25) is 0 Å². The summed E-state index contributed by atoms with van der Waals surface area (Å²) in [6.07, 6.45) is 1.63. The summed E-state index contributed by atoms with van der Waals surface area (Å²) < 4.78 is 6.39. The summed E-state index contributed by atoms with van der Waals surface area (Å²) in [5.41, 5.74) is 4.55. The summed E-state index contributed by atoms with van der Waals surface area (Å²) in [7, 11) is 1.68. The number of methoxy groups -OCH3 is 1. The van der Waals surface area contributed by atoms with Crippen molar-refractivity contribution in [3.8, 4) is 5.75 Å². The van der Waals surface area contributed by atoms with E-state index in [4.69, 9.17) is 27.9 Å². The first-order valence-corrected chi connectivity index (χ1v) is 12.5. The Morgan fingerprint density at radius 1 is 1.26 bits per heavy atom.